The fourth-order valence-electron chi connectivity index (χ4n) is 3.61. The quantitative estimate of drug-likeness (QED) is 0.597. The number of benzene rings is 2. The molecule has 1 aliphatic heterocycles. The number of thiophene rings is 1. The van der Waals surface area contributed by atoms with Crippen LogP contribution in [0.25, 0.3) is 0 Å². The van der Waals surface area contributed by atoms with Gasteiger partial charge in [-0.2, -0.15) is 0 Å². The molecule has 0 spiro atoms. The SMILES string of the molecule is COc1ccccc1C1CN(CCNC(=O)c2sccc2Cl)Cc2ccccc2O1. The van der Waals surface area contributed by atoms with Gasteiger partial charge in [0.05, 0.1) is 12.1 Å². The van der Waals surface area contributed by atoms with Gasteiger partial charge in [0, 0.05) is 37.3 Å². The molecule has 2 heterocycles. The van der Waals surface area contributed by atoms with Gasteiger partial charge in [0.2, 0.25) is 0 Å². The molecule has 0 bridgehead atoms. The highest BCUT2D eigenvalue weighted by Crippen LogP contribution is 2.34. The zero-order chi connectivity index (χ0) is 20.9. The molecule has 1 amide bonds. The Labute approximate surface area is 185 Å². The molecule has 0 aliphatic carbocycles. The molecular formula is C23H23ClN2O3S. The lowest BCUT2D eigenvalue weighted by Crippen LogP contribution is -2.36. The first kappa shape index (κ1) is 20.7. The molecule has 3 aromatic rings. The third-order valence-corrected chi connectivity index (χ3v) is 6.42. The zero-order valence-electron chi connectivity index (χ0n) is 16.6. The Balaban J connectivity index is 1.49. The standard InChI is InChI=1S/C23H23ClN2O3S/c1-28-20-9-5-3-7-17(20)21-15-26(14-16-6-2-4-8-19(16)29-21)12-11-25-23(27)22-18(24)10-13-30-22/h2-10,13,21H,11-12,14-15H2,1H3,(H,25,27). The molecule has 30 heavy (non-hydrogen) atoms. The predicted molar refractivity (Wildman–Crippen MR) is 120 cm³/mol. The van der Waals surface area contributed by atoms with E-state index < -0.39 is 0 Å². The number of carbonyl (C=O) groups is 1. The van der Waals surface area contributed by atoms with E-state index in [2.05, 4.69) is 16.3 Å². The van der Waals surface area contributed by atoms with Crippen molar-refractivity contribution in [3.05, 3.63) is 81.0 Å². The number of nitrogens with zero attached hydrogens (tertiary/aromatic N) is 1. The maximum absolute atomic E-state index is 12.4. The van der Waals surface area contributed by atoms with E-state index in [0.717, 1.165) is 29.2 Å². The van der Waals surface area contributed by atoms with Crippen LogP contribution < -0.4 is 14.8 Å². The summed E-state index contributed by atoms with van der Waals surface area (Å²) in [7, 11) is 1.67. The van der Waals surface area contributed by atoms with Crippen molar-refractivity contribution in [3.63, 3.8) is 0 Å². The van der Waals surface area contributed by atoms with Crippen molar-refractivity contribution in [2.75, 3.05) is 26.7 Å². The lowest BCUT2D eigenvalue weighted by Gasteiger charge is -2.25. The van der Waals surface area contributed by atoms with Crippen LogP contribution in [0.3, 0.4) is 0 Å². The van der Waals surface area contributed by atoms with Gasteiger partial charge in [0.25, 0.3) is 5.91 Å². The van der Waals surface area contributed by atoms with Crippen molar-refractivity contribution in [2.24, 2.45) is 0 Å². The molecule has 1 atom stereocenters. The second-order valence-corrected chi connectivity index (χ2v) is 8.37. The van der Waals surface area contributed by atoms with E-state index in [0.29, 0.717) is 29.5 Å². The largest absolute Gasteiger partial charge is 0.496 e. The van der Waals surface area contributed by atoms with Crippen molar-refractivity contribution in [1.82, 2.24) is 10.2 Å². The smallest absolute Gasteiger partial charge is 0.262 e. The molecule has 156 valence electrons. The first-order valence-electron chi connectivity index (χ1n) is 9.76. The molecule has 1 N–H and O–H groups in total. The summed E-state index contributed by atoms with van der Waals surface area (Å²) >= 11 is 7.41. The summed E-state index contributed by atoms with van der Waals surface area (Å²) in [6, 6.07) is 17.8. The fourth-order valence-corrected chi connectivity index (χ4v) is 4.67. The van der Waals surface area contributed by atoms with Crippen molar-refractivity contribution in [2.45, 2.75) is 12.6 Å². The Hall–Kier alpha value is -2.54. The molecule has 0 saturated carbocycles. The van der Waals surface area contributed by atoms with Crippen LogP contribution in [0.15, 0.2) is 60.0 Å². The Morgan fingerprint density at radius 2 is 2.03 bits per heavy atom. The van der Waals surface area contributed by atoms with E-state index in [1.54, 1.807) is 13.2 Å². The van der Waals surface area contributed by atoms with Crippen LogP contribution in [0, 0.1) is 0 Å². The van der Waals surface area contributed by atoms with Gasteiger partial charge >= 0.3 is 0 Å². The first-order valence-corrected chi connectivity index (χ1v) is 11.0. The zero-order valence-corrected chi connectivity index (χ0v) is 18.2. The number of rotatable bonds is 6. The Morgan fingerprint density at radius 1 is 1.23 bits per heavy atom. The number of amides is 1. The maximum Gasteiger partial charge on any atom is 0.262 e. The van der Waals surface area contributed by atoms with Crippen molar-refractivity contribution in [1.29, 1.82) is 0 Å². The van der Waals surface area contributed by atoms with Crippen molar-refractivity contribution in [3.8, 4) is 11.5 Å². The van der Waals surface area contributed by atoms with E-state index in [9.17, 15) is 4.79 Å². The molecule has 1 unspecified atom stereocenters. The van der Waals surface area contributed by atoms with E-state index >= 15 is 0 Å². The van der Waals surface area contributed by atoms with Gasteiger partial charge in [-0.1, -0.05) is 48.0 Å². The molecule has 0 saturated heterocycles. The van der Waals surface area contributed by atoms with E-state index in [1.807, 2.05) is 47.8 Å². The van der Waals surface area contributed by atoms with Crippen LogP contribution >= 0.6 is 22.9 Å². The van der Waals surface area contributed by atoms with Crippen molar-refractivity contribution < 1.29 is 14.3 Å². The summed E-state index contributed by atoms with van der Waals surface area (Å²) in [5.74, 6) is 1.55. The molecule has 1 aromatic heterocycles. The Morgan fingerprint density at radius 3 is 2.83 bits per heavy atom. The Bertz CT molecular complexity index is 1020. The average molecular weight is 443 g/mol. The number of hydrogen-bond donors (Lipinski definition) is 1. The van der Waals surface area contributed by atoms with Gasteiger partial charge in [-0.3, -0.25) is 9.69 Å². The highest BCUT2D eigenvalue weighted by molar-refractivity contribution is 7.12. The van der Waals surface area contributed by atoms with Gasteiger partial charge in [-0.15, -0.1) is 11.3 Å². The molecular weight excluding hydrogens is 420 g/mol. The van der Waals surface area contributed by atoms with Gasteiger partial charge < -0.3 is 14.8 Å². The number of halogens is 1. The van der Waals surface area contributed by atoms with Crippen LogP contribution in [0.5, 0.6) is 11.5 Å². The summed E-state index contributed by atoms with van der Waals surface area (Å²) in [5, 5.41) is 5.28. The molecule has 0 radical (unpaired) electrons. The number of hydrogen-bond acceptors (Lipinski definition) is 5. The lowest BCUT2D eigenvalue weighted by molar-refractivity contribution is 0.0947. The van der Waals surface area contributed by atoms with Gasteiger partial charge in [0.1, 0.15) is 22.5 Å². The van der Waals surface area contributed by atoms with E-state index in [4.69, 9.17) is 21.1 Å². The number of para-hydroxylation sites is 2. The topological polar surface area (TPSA) is 50.8 Å². The van der Waals surface area contributed by atoms with Gasteiger partial charge in [-0.25, -0.2) is 0 Å². The summed E-state index contributed by atoms with van der Waals surface area (Å²) in [4.78, 5) is 15.2. The maximum atomic E-state index is 12.4. The minimum Gasteiger partial charge on any atom is -0.496 e. The average Bonchev–Trinajstić information content (AvgIpc) is 3.10. The second-order valence-electron chi connectivity index (χ2n) is 7.04. The molecule has 7 heteroatoms. The van der Waals surface area contributed by atoms with Crippen LogP contribution in [-0.4, -0.2) is 37.6 Å². The molecule has 0 fully saturated rings. The fraction of sp³-hybridized carbons (Fsp3) is 0.261. The second kappa shape index (κ2) is 9.51. The predicted octanol–water partition coefficient (Wildman–Crippen LogP) is 4.78. The summed E-state index contributed by atoms with van der Waals surface area (Å²) < 4.78 is 12.0. The first-order chi connectivity index (χ1) is 14.7. The molecule has 1 aliphatic rings. The van der Waals surface area contributed by atoms with Crippen LogP contribution in [-0.2, 0) is 6.54 Å². The summed E-state index contributed by atoms with van der Waals surface area (Å²) in [6.45, 7) is 2.65. The normalized spacial score (nSPS) is 16.3. The minimum absolute atomic E-state index is 0.136. The summed E-state index contributed by atoms with van der Waals surface area (Å²) in [6.07, 6.45) is -0.174. The third kappa shape index (κ3) is 4.61. The van der Waals surface area contributed by atoms with Crippen LogP contribution in [0.1, 0.15) is 26.9 Å². The van der Waals surface area contributed by atoms with Gasteiger partial charge in [-0.05, 0) is 23.6 Å². The van der Waals surface area contributed by atoms with Gasteiger partial charge in [0.15, 0.2) is 0 Å². The molecule has 2 aromatic carbocycles. The molecule has 5 nitrogen and oxygen atoms in total. The van der Waals surface area contributed by atoms with Crippen LogP contribution in [0.2, 0.25) is 5.02 Å². The van der Waals surface area contributed by atoms with Crippen molar-refractivity contribution >= 4 is 28.8 Å². The highest BCUT2D eigenvalue weighted by Gasteiger charge is 2.26. The van der Waals surface area contributed by atoms with Crippen LogP contribution in [0.4, 0.5) is 0 Å². The third-order valence-electron chi connectivity index (χ3n) is 5.08. The summed E-state index contributed by atoms with van der Waals surface area (Å²) in [5.41, 5.74) is 2.14. The molecule has 4 rings (SSSR count). The number of nitrogens with one attached hydrogen (secondary N) is 1. The lowest BCUT2D eigenvalue weighted by atomic mass is 10.1. The number of fused-ring (bicyclic) bond motifs is 1. The highest BCUT2D eigenvalue weighted by atomic mass is 35.5. The number of methoxy groups -OCH3 is 1. The monoisotopic (exact) mass is 442 g/mol. The number of ether oxygens (including phenoxy) is 2. The Kier molecular flexibility index (Phi) is 6.57. The minimum atomic E-state index is -0.174. The van der Waals surface area contributed by atoms with E-state index in [1.165, 1.54) is 11.3 Å². The van der Waals surface area contributed by atoms with E-state index in [-0.39, 0.29) is 12.0 Å². The number of carbonyl (C=O) groups excluding carboxylic acids is 1.